The van der Waals surface area contributed by atoms with E-state index in [-0.39, 0.29) is 5.91 Å². The van der Waals surface area contributed by atoms with Crippen molar-refractivity contribution < 1.29 is 9.53 Å². The second-order valence-corrected chi connectivity index (χ2v) is 4.41. The third-order valence-electron chi connectivity index (χ3n) is 2.34. The van der Waals surface area contributed by atoms with E-state index >= 15 is 0 Å². The molecule has 0 aliphatic rings. The van der Waals surface area contributed by atoms with E-state index in [4.69, 9.17) is 22.1 Å². The lowest BCUT2D eigenvalue weighted by Gasteiger charge is -2.09. The summed E-state index contributed by atoms with van der Waals surface area (Å²) in [5, 5.41) is 3.12. The van der Waals surface area contributed by atoms with Gasteiger partial charge >= 0.3 is 0 Å². The van der Waals surface area contributed by atoms with E-state index in [9.17, 15) is 4.79 Å². The van der Waals surface area contributed by atoms with E-state index < -0.39 is 0 Å². The van der Waals surface area contributed by atoms with Crippen molar-refractivity contribution in [2.75, 3.05) is 11.1 Å². The molecule has 0 saturated carbocycles. The quantitative estimate of drug-likeness (QED) is 0.841. The van der Waals surface area contributed by atoms with Gasteiger partial charge in [-0.3, -0.25) is 4.79 Å². The van der Waals surface area contributed by atoms with Gasteiger partial charge in [-0.25, -0.2) is 0 Å². The van der Waals surface area contributed by atoms with E-state index in [2.05, 4.69) is 5.32 Å². The monoisotopic (exact) mass is 276 g/mol. The molecule has 98 valence electrons. The highest BCUT2D eigenvalue weighted by molar-refractivity contribution is 6.32. The molecule has 0 saturated heterocycles. The van der Waals surface area contributed by atoms with Gasteiger partial charge < -0.3 is 15.8 Å². The normalized spacial score (nSPS) is 10.0. The maximum absolute atomic E-state index is 11.0. The van der Waals surface area contributed by atoms with Crippen LogP contribution in [0.3, 0.4) is 0 Å². The van der Waals surface area contributed by atoms with E-state index in [0.29, 0.717) is 27.9 Å². The molecule has 0 aliphatic carbocycles. The largest absolute Gasteiger partial charge is 0.456 e. The zero-order valence-electron chi connectivity index (χ0n) is 10.3. The van der Waals surface area contributed by atoms with Crippen LogP contribution >= 0.6 is 11.6 Å². The average molecular weight is 277 g/mol. The van der Waals surface area contributed by atoms with Crippen LogP contribution in [0.2, 0.25) is 5.02 Å². The molecule has 0 bridgehead atoms. The first-order valence-electron chi connectivity index (χ1n) is 5.65. The minimum atomic E-state index is -0.136. The SMILES string of the molecule is CC(=O)Nc1cccc(Oc2ccc(N)cc2Cl)c1. The van der Waals surface area contributed by atoms with Gasteiger partial charge in [0.05, 0.1) is 5.02 Å². The zero-order chi connectivity index (χ0) is 13.8. The highest BCUT2D eigenvalue weighted by atomic mass is 35.5. The lowest BCUT2D eigenvalue weighted by Crippen LogP contribution is -2.05. The van der Waals surface area contributed by atoms with E-state index in [0.717, 1.165) is 0 Å². The summed E-state index contributed by atoms with van der Waals surface area (Å²) in [6.07, 6.45) is 0. The number of ether oxygens (including phenoxy) is 1. The topological polar surface area (TPSA) is 64.3 Å². The molecular weight excluding hydrogens is 264 g/mol. The summed E-state index contributed by atoms with van der Waals surface area (Å²) in [5.41, 5.74) is 6.85. The second kappa shape index (κ2) is 5.63. The van der Waals surface area contributed by atoms with Gasteiger partial charge in [0.15, 0.2) is 0 Å². The fraction of sp³-hybridized carbons (Fsp3) is 0.0714. The summed E-state index contributed by atoms with van der Waals surface area (Å²) in [7, 11) is 0. The van der Waals surface area contributed by atoms with Crippen LogP contribution in [0.15, 0.2) is 42.5 Å². The van der Waals surface area contributed by atoms with Crippen molar-refractivity contribution in [1.82, 2.24) is 0 Å². The number of carbonyl (C=O) groups is 1. The van der Waals surface area contributed by atoms with Crippen molar-refractivity contribution in [3.63, 3.8) is 0 Å². The van der Waals surface area contributed by atoms with Gasteiger partial charge in [0.1, 0.15) is 11.5 Å². The first kappa shape index (κ1) is 13.2. The number of carbonyl (C=O) groups excluding carboxylic acids is 1. The highest BCUT2D eigenvalue weighted by Gasteiger charge is 2.04. The predicted octanol–water partition coefficient (Wildman–Crippen LogP) is 3.67. The van der Waals surface area contributed by atoms with E-state index in [1.807, 2.05) is 0 Å². The standard InChI is InChI=1S/C14H13ClN2O2/c1-9(18)17-11-3-2-4-12(8-11)19-14-6-5-10(16)7-13(14)15/h2-8H,16H2,1H3,(H,17,18). The summed E-state index contributed by atoms with van der Waals surface area (Å²) in [6.45, 7) is 1.45. The van der Waals surface area contributed by atoms with Crippen LogP contribution < -0.4 is 15.8 Å². The van der Waals surface area contributed by atoms with Crippen LogP contribution in [-0.4, -0.2) is 5.91 Å². The van der Waals surface area contributed by atoms with Crippen LogP contribution in [0.1, 0.15) is 6.92 Å². The van der Waals surface area contributed by atoms with Gasteiger partial charge in [0.25, 0.3) is 0 Å². The molecular formula is C14H13ClN2O2. The average Bonchev–Trinajstić information content (AvgIpc) is 2.32. The third kappa shape index (κ3) is 3.63. The molecule has 19 heavy (non-hydrogen) atoms. The van der Waals surface area contributed by atoms with Crippen molar-refractivity contribution in [3.05, 3.63) is 47.5 Å². The molecule has 0 radical (unpaired) electrons. The molecule has 2 rings (SSSR count). The fourth-order valence-corrected chi connectivity index (χ4v) is 1.79. The van der Waals surface area contributed by atoms with Crippen LogP contribution in [-0.2, 0) is 4.79 Å². The van der Waals surface area contributed by atoms with Crippen molar-refractivity contribution >= 4 is 28.9 Å². The summed E-state index contributed by atoms with van der Waals surface area (Å²) < 4.78 is 5.65. The van der Waals surface area contributed by atoms with Crippen molar-refractivity contribution in [3.8, 4) is 11.5 Å². The number of nitrogen functional groups attached to an aromatic ring is 1. The van der Waals surface area contributed by atoms with Gasteiger partial charge in [-0.2, -0.15) is 0 Å². The molecule has 3 N–H and O–H groups in total. The van der Waals surface area contributed by atoms with Crippen molar-refractivity contribution in [1.29, 1.82) is 0 Å². The van der Waals surface area contributed by atoms with Crippen LogP contribution in [0.25, 0.3) is 0 Å². The molecule has 0 unspecified atom stereocenters. The minimum absolute atomic E-state index is 0.136. The Hall–Kier alpha value is -2.20. The van der Waals surface area contributed by atoms with E-state index in [1.165, 1.54) is 6.92 Å². The Kier molecular flexibility index (Phi) is 3.92. The van der Waals surface area contributed by atoms with Gasteiger partial charge in [0.2, 0.25) is 5.91 Å². The molecule has 4 nitrogen and oxygen atoms in total. The van der Waals surface area contributed by atoms with Gasteiger partial charge in [-0.1, -0.05) is 17.7 Å². The maximum atomic E-state index is 11.0. The molecule has 0 fully saturated rings. The van der Waals surface area contributed by atoms with Gasteiger partial charge in [-0.15, -0.1) is 0 Å². The number of benzene rings is 2. The lowest BCUT2D eigenvalue weighted by atomic mass is 10.3. The Morgan fingerprint density at radius 3 is 2.74 bits per heavy atom. The number of halogens is 1. The van der Waals surface area contributed by atoms with Crippen LogP contribution in [0.4, 0.5) is 11.4 Å². The smallest absolute Gasteiger partial charge is 0.221 e. The molecule has 0 heterocycles. The molecule has 1 amide bonds. The third-order valence-corrected chi connectivity index (χ3v) is 2.63. The molecule has 0 atom stereocenters. The summed E-state index contributed by atoms with van der Waals surface area (Å²) >= 11 is 6.03. The summed E-state index contributed by atoms with van der Waals surface area (Å²) in [4.78, 5) is 11.0. The summed E-state index contributed by atoms with van der Waals surface area (Å²) in [6, 6.07) is 12.1. The fourth-order valence-electron chi connectivity index (χ4n) is 1.57. The number of rotatable bonds is 3. The van der Waals surface area contributed by atoms with Crippen molar-refractivity contribution in [2.45, 2.75) is 6.92 Å². The van der Waals surface area contributed by atoms with Crippen molar-refractivity contribution in [2.24, 2.45) is 0 Å². The molecule has 2 aromatic rings. The highest BCUT2D eigenvalue weighted by Crippen LogP contribution is 2.31. The van der Waals surface area contributed by atoms with E-state index in [1.54, 1.807) is 42.5 Å². The Bertz CT molecular complexity index is 614. The Labute approximate surface area is 116 Å². The zero-order valence-corrected chi connectivity index (χ0v) is 11.1. The Morgan fingerprint density at radius 2 is 2.05 bits per heavy atom. The van der Waals surface area contributed by atoms with Gasteiger partial charge in [-0.05, 0) is 30.3 Å². The number of amides is 1. The number of hydrogen-bond donors (Lipinski definition) is 2. The predicted molar refractivity (Wildman–Crippen MR) is 76.7 cm³/mol. The number of nitrogens with two attached hydrogens (primary N) is 1. The first-order chi connectivity index (χ1) is 9.04. The molecule has 0 aromatic heterocycles. The van der Waals surface area contributed by atoms with Crippen LogP contribution in [0.5, 0.6) is 11.5 Å². The number of anilines is 2. The maximum Gasteiger partial charge on any atom is 0.221 e. The first-order valence-corrected chi connectivity index (χ1v) is 6.03. The second-order valence-electron chi connectivity index (χ2n) is 4.00. The number of nitrogens with one attached hydrogen (secondary N) is 1. The summed E-state index contributed by atoms with van der Waals surface area (Å²) in [5.74, 6) is 0.955. The lowest BCUT2D eigenvalue weighted by molar-refractivity contribution is -0.114. The molecule has 0 spiro atoms. The Balaban J connectivity index is 2.21. The Morgan fingerprint density at radius 1 is 1.26 bits per heavy atom. The minimum Gasteiger partial charge on any atom is -0.456 e. The molecule has 2 aromatic carbocycles. The van der Waals surface area contributed by atoms with Crippen LogP contribution in [0, 0.1) is 0 Å². The number of hydrogen-bond acceptors (Lipinski definition) is 3. The van der Waals surface area contributed by atoms with Gasteiger partial charge in [0, 0.05) is 24.4 Å². The molecule has 5 heteroatoms. The molecule has 0 aliphatic heterocycles.